The Morgan fingerprint density at radius 2 is 1.88 bits per heavy atom. The van der Waals surface area contributed by atoms with Gasteiger partial charge in [0.25, 0.3) is 5.91 Å². The van der Waals surface area contributed by atoms with Crippen LogP contribution < -0.4 is 5.32 Å². The van der Waals surface area contributed by atoms with Gasteiger partial charge in [0.15, 0.2) is 0 Å². The molecule has 0 saturated carbocycles. The second-order valence-corrected chi connectivity index (χ2v) is 5.22. The summed E-state index contributed by atoms with van der Waals surface area (Å²) >= 11 is 0. The standard InChI is InChI=1S/C18H12FN5O/c19-15-3-1-2-12(7-15)6-13-4-5-16(21-9-13)17(25)24-18-22-10-14(8-20)11-23-18/h1-5,7,9-11H,6H2,(H,22,23,24,25). The predicted octanol–water partition coefficient (Wildman–Crippen LogP) is 2.73. The van der Waals surface area contributed by atoms with Gasteiger partial charge in [0.05, 0.1) is 18.0 Å². The topological polar surface area (TPSA) is 91.6 Å². The Morgan fingerprint density at radius 3 is 2.52 bits per heavy atom. The number of aromatic nitrogens is 3. The van der Waals surface area contributed by atoms with E-state index < -0.39 is 5.91 Å². The SMILES string of the molecule is N#Cc1cnc(NC(=O)c2ccc(Cc3cccc(F)c3)cn2)nc1. The predicted molar refractivity (Wildman–Crippen MR) is 88.1 cm³/mol. The van der Waals surface area contributed by atoms with Crippen molar-refractivity contribution in [3.63, 3.8) is 0 Å². The van der Waals surface area contributed by atoms with E-state index in [1.54, 1.807) is 24.4 Å². The van der Waals surface area contributed by atoms with Crippen molar-refractivity contribution in [1.29, 1.82) is 5.26 Å². The van der Waals surface area contributed by atoms with Crippen LogP contribution in [0.1, 0.15) is 27.2 Å². The number of hydrogen-bond donors (Lipinski definition) is 1. The van der Waals surface area contributed by atoms with E-state index in [4.69, 9.17) is 5.26 Å². The molecule has 25 heavy (non-hydrogen) atoms. The monoisotopic (exact) mass is 333 g/mol. The minimum absolute atomic E-state index is 0.0923. The number of hydrogen-bond acceptors (Lipinski definition) is 5. The molecule has 1 amide bonds. The van der Waals surface area contributed by atoms with Crippen molar-refractivity contribution in [3.8, 4) is 6.07 Å². The minimum Gasteiger partial charge on any atom is -0.289 e. The number of anilines is 1. The van der Waals surface area contributed by atoms with Gasteiger partial charge < -0.3 is 0 Å². The molecule has 3 rings (SSSR count). The number of halogens is 1. The molecule has 3 aromatic rings. The Hall–Kier alpha value is -3.66. The minimum atomic E-state index is -0.456. The maximum atomic E-state index is 13.2. The lowest BCUT2D eigenvalue weighted by molar-refractivity contribution is 0.102. The van der Waals surface area contributed by atoms with E-state index in [0.29, 0.717) is 12.0 Å². The van der Waals surface area contributed by atoms with Crippen molar-refractivity contribution >= 4 is 11.9 Å². The Bertz CT molecular complexity index is 933. The Balaban J connectivity index is 1.66. The van der Waals surface area contributed by atoms with Crippen LogP contribution in [0.3, 0.4) is 0 Å². The second-order valence-electron chi connectivity index (χ2n) is 5.22. The lowest BCUT2D eigenvalue weighted by Gasteiger charge is -2.05. The molecular formula is C18H12FN5O. The third kappa shape index (κ3) is 4.20. The number of pyridine rings is 1. The fourth-order valence-electron chi connectivity index (χ4n) is 2.16. The Kier molecular flexibility index (Phi) is 4.72. The molecule has 1 aromatic carbocycles. The summed E-state index contributed by atoms with van der Waals surface area (Å²) < 4.78 is 13.2. The quantitative estimate of drug-likeness (QED) is 0.792. The van der Waals surface area contributed by atoms with Gasteiger partial charge in [-0.05, 0) is 35.7 Å². The molecule has 0 unspecified atom stereocenters. The molecule has 7 heteroatoms. The van der Waals surface area contributed by atoms with Crippen LogP contribution in [-0.4, -0.2) is 20.9 Å². The van der Waals surface area contributed by atoms with Crippen molar-refractivity contribution in [3.05, 3.63) is 83.2 Å². The summed E-state index contributed by atoms with van der Waals surface area (Å²) in [5, 5.41) is 11.2. The van der Waals surface area contributed by atoms with Gasteiger partial charge in [0.1, 0.15) is 17.6 Å². The summed E-state index contributed by atoms with van der Waals surface area (Å²) in [5.74, 6) is -0.652. The van der Waals surface area contributed by atoms with Crippen LogP contribution in [0.5, 0.6) is 0 Å². The lowest BCUT2D eigenvalue weighted by atomic mass is 10.1. The largest absolute Gasteiger partial charge is 0.289 e. The summed E-state index contributed by atoms with van der Waals surface area (Å²) in [6.45, 7) is 0. The molecule has 122 valence electrons. The molecule has 2 aromatic heterocycles. The zero-order chi connectivity index (χ0) is 17.6. The van der Waals surface area contributed by atoms with Gasteiger partial charge in [-0.2, -0.15) is 5.26 Å². The first kappa shape index (κ1) is 16.2. The lowest BCUT2D eigenvalue weighted by Crippen LogP contribution is -2.15. The van der Waals surface area contributed by atoms with Gasteiger partial charge in [-0.3, -0.25) is 15.1 Å². The summed E-state index contributed by atoms with van der Waals surface area (Å²) in [4.78, 5) is 24.0. The number of nitrogens with zero attached hydrogens (tertiary/aromatic N) is 4. The molecular weight excluding hydrogens is 321 g/mol. The summed E-state index contributed by atoms with van der Waals surface area (Å²) in [5.41, 5.74) is 2.19. The second kappa shape index (κ2) is 7.27. The molecule has 2 heterocycles. The molecule has 0 fully saturated rings. The number of carbonyl (C=O) groups is 1. The third-order valence-corrected chi connectivity index (χ3v) is 3.36. The average Bonchev–Trinajstić information content (AvgIpc) is 2.63. The van der Waals surface area contributed by atoms with E-state index in [2.05, 4.69) is 20.3 Å². The first-order valence-electron chi connectivity index (χ1n) is 7.37. The summed E-state index contributed by atoms with van der Waals surface area (Å²) in [7, 11) is 0. The third-order valence-electron chi connectivity index (χ3n) is 3.36. The van der Waals surface area contributed by atoms with E-state index in [0.717, 1.165) is 11.1 Å². The molecule has 0 bridgehead atoms. The fraction of sp³-hybridized carbons (Fsp3) is 0.0556. The van der Waals surface area contributed by atoms with Crippen molar-refractivity contribution in [2.24, 2.45) is 0 Å². The van der Waals surface area contributed by atoms with Gasteiger partial charge in [-0.25, -0.2) is 14.4 Å². The van der Waals surface area contributed by atoms with Crippen LogP contribution in [-0.2, 0) is 6.42 Å². The Morgan fingerprint density at radius 1 is 1.08 bits per heavy atom. The van der Waals surface area contributed by atoms with Gasteiger partial charge in [-0.15, -0.1) is 0 Å². The molecule has 0 aliphatic rings. The van der Waals surface area contributed by atoms with Crippen LogP contribution in [0.25, 0.3) is 0 Å². The highest BCUT2D eigenvalue weighted by molar-refractivity contribution is 6.01. The molecule has 6 nitrogen and oxygen atoms in total. The molecule has 0 radical (unpaired) electrons. The fourth-order valence-corrected chi connectivity index (χ4v) is 2.16. The van der Waals surface area contributed by atoms with Gasteiger partial charge in [-0.1, -0.05) is 18.2 Å². The van der Waals surface area contributed by atoms with Crippen LogP contribution in [0, 0.1) is 17.1 Å². The Labute approximate surface area is 143 Å². The summed E-state index contributed by atoms with van der Waals surface area (Å²) in [6.07, 6.45) is 4.72. The molecule has 1 N–H and O–H groups in total. The van der Waals surface area contributed by atoms with Gasteiger partial charge >= 0.3 is 0 Å². The zero-order valence-corrected chi connectivity index (χ0v) is 13.0. The molecule has 0 aliphatic carbocycles. The first-order valence-corrected chi connectivity index (χ1v) is 7.37. The van der Waals surface area contributed by atoms with Crippen molar-refractivity contribution < 1.29 is 9.18 Å². The number of amides is 1. The molecule has 0 atom stereocenters. The normalized spacial score (nSPS) is 10.1. The number of rotatable bonds is 4. The van der Waals surface area contributed by atoms with E-state index in [9.17, 15) is 9.18 Å². The highest BCUT2D eigenvalue weighted by Gasteiger charge is 2.09. The van der Waals surface area contributed by atoms with Crippen LogP contribution in [0.15, 0.2) is 55.0 Å². The van der Waals surface area contributed by atoms with Crippen molar-refractivity contribution in [2.75, 3.05) is 5.32 Å². The number of nitriles is 1. The van der Waals surface area contributed by atoms with Crippen LogP contribution >= 0.6 is 0 Å². The van der Waals surface area contributed by atoms with Crippen LogP contribution in [0.4, 0.5) is 10.3 Å². The molecule has 0 saturated heterocycles. The van der Waals surface area contributed by atoms with E-state index in [-0.39, 0.29) is 17.5 Å². The van der Waals surface area contributed by atoms with Crippen molar-refractivity contribution in [1.82, 2.24) is 15.0 Å². The smallest absolute Gasteiger partial charge is 0.276 e. The van der Waals surface area contributed by atoms with Crippen LogP contribution in [0.2, 0.25) is 0 Å². The average molecular weight is 333 g/mol. The summed E-state index contributed by atoms with van der Waals surface area (Å²) in [6, 6.07) is 11.6. The van der Waals surface area contributed by atoms with Crippen molar-refractivity contribution in [2.45, 2.75) is 6.42 Å². The highest BCUT2D eigenvalue weighted by Crippen LogP contribution is 2.11. The number of nitrogens with one attached hydrogen (secondary N) is 1. The number of benzene rings is 1. The zero-order valence-electron chi connectivity index (χ0n) is 13.0. The maximum absolute atomic E-state index is 13.2. The van der Waals surface area contributed by atoms with E-state index in [1.165, 1.54) is 24.5 Å². The molecule has 0 aliphatic heterocycles. The maximum Gasteiger partial charge on any atom is 0.276 e. The highest BCUT2D eigenvalue weighted by atomic mass is 19.1. The van der Waals surface area contributed by atoms with Gasteiger partial charge in [0, 0.05) is 6.20 Å². The van der Waals surface area contributed by atoms with Gasteiger partial charge in [0.2, 0.25) is 5.95 Å². The number of carbonyl (C=O) groups excluding carboxylic acids is 1. The first-order chi connectivity index (χ1) is 12.1. The molecule has 0 spiro atoms. The van der Waals surface area contributed by atoms with E-state index >= 15 is 0 Å². The van der Waals surface area contributed by atoms with E-state index in [1.807, 2.05) is 12.1 Å².